The van der Waals surface area contributed by atoms with Crippen LogP contribution in [-0.2, 0) is 26.1 Å². The molecule has 77 heavy (non-hydrogen) atoms. The number of likely N-dealkylation sites (N-methyl/N-ethyl adjacent to an activating group) is 1. The molecule has 1 unspecified atom stereocenters. The molecule has 2 aliphatic heterocycles. The number of benzene rings is 2. The van der Waals surface area contributed by atoms with Crippen LogP contribution in [0.4, 0.5) is 31.2 Å². The molecule has 8 rings (SSSR count). The van der Waals surface area contributed by atoms with Gasteiger partial charge in [-0.3, -0.25) is 28.9 Å². The number of amides is 5. The highest BCUT2D eigenvalue weighted by Crippen LogP contribution is 2.32. The Balaban J connectivity index is 0.760. The number of carbonyl (C=O) groups is 5. The Labute approximate surface area is 455 Å². The summed E-state index contributed by atoms with van der Waals surface area (Å²) in [5, 5.41) is 15.9. The Kier molecular flexibility index (Phi) is 19.4. The highest BCUT2D eigenvalue weighted by Gasteiger charge is 2.38. The molecule has 5 aromatic rings. The van der Waals surface area contributed by atoms with E-state index >= 15 is 0 Å². The van der Waals surface area contributed by atoms with Gasteiger partial charge in [-0.25, -0.2) is 23.7 Å². The number of aromatic nitrogens is 4. The second-order valence-corrected chi connectivity index (χ2v) is 21.0. The predicted octanol–water partition coefficient (Wildman–Crippen LogP) is 5.51. The van der Waals surface area contributed by atoms with Crippen LogP contribution in [0.1, 0.15) is 80.9 Å². The van der Waals surface area contributed by atoms with Crippen LogP contribution in [0.15, 0.2) is 42.6 Å². The minimum absolute atomic E-state index is 0.0110. The molecule has 3 aliphatic rings. The van der Waals surface area contributed by atoms with E-state index in [4.69, 9.17) is 21.1 Å². The maximum absolute atomic E-state index is 14.7. The third-order valence-electron chi connectivity index (χ3n) is 14.5. The van der Waals surface area contributed by atoms with Crippen LogP contribution in [0, 0.1) is 31.4 Å². The van der Waals surface area contributed by atoms with Crippen LogP contribution in [0.5, 0.6) is 0 Å². The zero-order valence-corrected chi connectivity index (χ0v) is 45.8. The first kappa shape index (κ1) is 56.8. The normalized spacial score (nSPS) is 16.3. The fourth-order valence-corrected chi connectivity index (χ4v) is 11.0. The highest BCUT2D eigenvalue weighted by atomic mass is 35.5. The summed E-state index contributed by atoms with van der Waals surface area (Å²) in [5.74, 6) is -2.23. The van der Waals surface area contributed by atoms with Gasteiger partial charge < -0.3 is 55.3 Å². The van der Waals surface area contributed by atoms with Gasteiger partial charge in [0.05, 0.1) is 60.5 Å². The van der Waals surface area contributed by atoms with Crippen LogP contribution >= 0.6 is 22.9 Å². The van der Waals surface area contributed by atoms with Crippen molar-refractivity contribution in [2.75, 3.05) is 114 Å². The number of halogens is 3. The third-order valence-corrected chi connectivity index (χ3v) is 15.7. The lowest BCUT2D eigenvalue weighted by Gasteiger charge is -2.39. The van der Waals surface area contributed by atoms with Crippen molar-refractivity contribution in [3.05, 3.63) is 86.8 Å². The molecule has 0 radical (unpaired) electrons. The van der Waals surface area contributed by atoms with Gasteiger partial charge in [0, 0.05) is 90.0 Å². The van der Waals surface area contributed by atoms with E-state index < -0.39 is 35.5 Å². The number of aryl methyl sites for hydroxylation is 3. The van der Waals surface area contributed by atoms with E-state index in [-0.39, 0.29) is 91.7 Å². The van der Waals surface area contributed by atoms with Crippen LogP contribution < -0.4 is 31.5 Å². The number of thiazole rings is 1. The summed E-state index contributed by atoms with van der Waals surface area (Å²) < 4.78 is 42.3. The number of para-hydroxylation sites is 1. The number of ether oxygens (including phenoxy) is 2. The van der Waals surface area contributed by atoms with Crippen molar-refractivity contribution in [2.45, 2.75) is 65.0 Å². The molecule has 5 amide bonds. The maximum Gasteiger partial charge on any atom is 0.271 e. The van der Waals surface area contributed by atoms with Crippen LogP contribution in [-0.4, -0.2) is 175 Å². The van der Waals surface area contributed by atoms with E-state index in [1.165, 1.54) is 34.0 Å². The topological polar surface area (TPSA) is 221 Å². The van der Waals surface area contributed by atoms with Gasteiger partial charge in [0.2, 0.25) is 11.8 Å². The van der Waals surface area contributed by atoms with Gasteiger partial charge in [-0.2, -0.15) is 0 Å². The number of rotatable bonds is 21. The summed E-state index contributed by atoms with van der Waals surface area (Å²) in [6.45, 7) is 11.2. The lowest BCUT2D eigenvalue weighted by atomic mass is 9.83. The summed E-state index contributed by atoms with van der Waals surface area (Å²) >= 11 is 7.51. The van der Waals surface area contributed by atoms with Gasteiger partial charge in [0.25, 0.3) is 17.7 Å². The number of nitrogens with one attached hydrogen (secondary N) is 5. The first-order valence-corrected chi connectivity index (χ1v) is 27.4. The summed E-state index contributed by atoms with van der Waals surface area (Å²) in [5.41, 5.74) is 1.47. The number of anilines is 4. The fourth-order valence-electron chi connectivity index (χ4n) is 9.98. The summed E-state index contributed by atoms with van der Waals surface area (Å²) in [6.07, 6.45) is 6.24. The Morgan fingerprint density at radius 3 is 2.27 bits per heavy atom. The lowest BCUT2D eigenvalue weighted by Crippen LogP contribution is -2.59. The van der Waals surface area contributed by atoms with Gasteiger partial charge in [-0.05, 0) is 64.3 Å². The maximum atomic E-state index is 14.7. The van der Waals surface area contributed by atoms with Crippen LogP contribution in [0.25, 0.3) is 10.9 Å². The van der Waals surface area contributed by atoms with Gasteiger partial charge in [-0.15, -0.1) is 0 Å². The Morgan fingerprint density at radius 2 is 1.56 bits per heavy atom. The third kappa shape index (κ3) is 14.0. The molecule has 5 heterocycles. The summed E-state index contributed by atoms with van der Waals surface area (Å²) in [6, 6.07) is 8.04. The quantitative estimate of drug-likeness (QED) is 0.0573. The predicted molar refractivity (Wildman–Crippen MR) is 291 cm³/mol. The minimum atomic E-state index is -1.16. The Bertz CT molecular complexity index is 2900. The van der Waals surface area contributed by atoms with E-state index in [2.05, 4.69) is 51.3 Å². The van der Waals surface area contributed by atoms with E-state index in [1.54, 1.807) is 24.9 Å². The van der Waals surface area contributed by atoms with Crippen molar-refractivity contribution in [1.29, 1.82) is 0 Å². The molecule has 1 aliphatic carbocycles. The van der Waals surface area contributed by atoms with Crippen molar-refractivity contribution < 1.29 is 42.2 Å². The minimum Gasteiger partial charge on any atom is -0.378 e. The molecule has 24 heteroatoms. The second-order valence-electron chi connectivity index (χ2n) is 19.6. The average Bonchev–Trinajstić information content (AvgIpc) is 4.10. The van der Waals surface area contributed by atoms with Gasteiger partial charge in [0.1, 0.15) is 34.1 Å². The average molecular weight is 1100 g/mol. The SMILES string of the molecule is CN[C@@H](C)C(=O)NC(C(=O)N1CCN(C(=O)c2c(C(=O)NCCOCCOCCN3CCN(c4cc(Nc5ncc(C(=O)Nc6c(C)cccc6Cl)s5)nc(C)n4)CC3)c3cc(F)c(F)cc3n2C)CC1)C1CCCCC1. The molecule has 2 atom stereocenters. The number of carbonyl (C=O) groups excluding carboxylic acids is 5. The molecule has 0 spiro atoms. The number of nitrogens with zero attached hydrogens (tertiary/aromatic N) is 8. The zero-order chi connectivity index (χ0) is 54.8. The first-order valence-electron chi connectivity index (χ1n) is 26.2. The van der Waals surface area contributed by atoms with Crippen molar-refractivity contribution in [2.24, 2.45) is 13.0 Å². The molecule has 5 N–H and O–H groups in total. The molecule has 3 fully saturated rings. The number of hydrogen-bond acceptors (Lipinski definition) is 15. The van der Waals surface area contributed by atoms with Crippen molar-refractivity contribution in [1.82, 2.24) is 50.2 Å². The molecular weight excluding hydrogens is 1040 g/mol. The summed E-state index contributed by atoms with van der Waals surface area (Å²) in [7, 11) is 3.22. The first-order chi connectivity index (χ1) is 37.1. The van der Waals surface area contributed by atoms with E-state index in [0.29, 0.717) is 45.6 Å². The zero-order valence-electron chi connectivity index (χ0n) is 44.2. The molecule has 0 bridgehead atoms. The smallest absolute Gasteiger partial charge is 0.271 e. The van der Waals surface area contributed by atoms with Gasteiger partial charge in [-0.1, -0.05) is 54.3 Å². The number of hydrogen-bond donors (Lipinski definition) is 5. The molecule has 1 saturated carbocycles. The fraction of sp³-hybridized carbons (Fsp3) is 0.509. The molecule has 20 nitrogen and oxygen atoms in total. The van der Waals surface area contributed by atoms with Gasteiger partial charge >= 0.3 is 0 Å². The largest absolute Gasteiger partial charge is 0.378 e. The Hall–Kier alpha value is -6.37. The molecular formula is C53H68ClF2N13O7S. The lowest BCUT2D eigenvalue weighted by molar-refractivity contribution is -0.140. The molecule has 3 aromatic heterocycles. The van der Waals surface area contributed by atoms with Gasteiger partial charge in [0.15, 0.2) is 16.8 Å². The second kappa shape index (κ2) is 26.3. The van der Waals surface area contributed by atoms with E-state index in [9.17, 15) is 32.8 Å². The van der Waals surface area contributed by atoms with Crippen molar-refractivity contribution >= 4 is 85.8 Å². The van der Waals surface area contributed by atoms with E-state index in [0.717, 1.165) is 88.3 Å². The monoisotopic (exact) mass is 1100 g/mol. The van der Waals surface area contributed by atoms with Crippen molar-refractivity contribution in [3.8, 4) is 0 Å². The van der Waals surface area contributed by atoms with Crippen LogP contribution in [0.3, 0.4) is 0 Å². The summed E-state index contributed by atoms with van der Waals surface area (Å²) in [4.78, 5) is 89.9. The van der Waals surface area contributed by atoms with E-state index in [1.807, 2.05) is 32.0 Å². The standard InChI is InChI=1S/C53H68ClF2N13O7S/c1-32-10-9-13-37(54)45(32)63-49(71)41-31-59-53(77-41)62-42-30-43(61-34(3)60-42)67-17-15-66(16-18-67)23-25-76-27-26-75-24-14-58-50(72)44-36-28-38(55)39(56)29-40(36)65(5)47(44)52(74)69-21-19-68(20-22-69)51(73)46(35-11-7-6-8-12-35)64-48(70)33(2)57-4/h9-10,13,28-31,33,35,46,57H,6-8,11-12,14-27H2,1-5H3,(H,58,72)(H,63,71)(H,64,70)(H,59,60,61,62)/t33-,46?/m0/s1. The molecule has 2 aromatic carbocycles. The molecule has 414 valence electrons. The number of fused-ring (bicyclic) bond motifs is 1. The molecule has 2 saturated heterocycles. The number of piperazine rings is 2. The van der Waals surface area contributed by atoms with Crippen LogP contribution in [0.2, 0.25) is 5.02 Å². The Morgan fingerprint density at radius 1 is 0.857 bits per heavy atom. The van der Waals surface area contributed by atoms with Crippen molar-refractivity contribution in [3.63, 3.8) is 0 Å². The highest BCUT2D eigenvalue weighted by molar-refractivity contribution is 7.17.